The first kappa shape index (κ1) is 13.6. The van der Waals surface area contributed by atoms with E-state index in [9.17, 15) is 9.90 Å². The molecule has 1 atom stereocenters. The van der Waals surface area contributed by atoms with Crippen molar-refractivity contribution in [1.82, 2.24) is 10.2 Å². The smallest absolute Gasteiger partial charge is 0.253 e. The van der Waals surface area contributed by atoms with Crippen LogP contribution in [0.1, 0.15) is 41.3 Å². The van der Waals surface area contributed by atoms with E-state index in [2.05, 4.69) is 11.4 Å². The fourth-order valence-corrected chi connectivity index (χ4v) is 3.19. The third-order valence-electron chi connectivity index (χ3n) is 4.30. The highest BCUT2D eigenvalue weighted by Gasteiger charge is 2.31. The zero-order valence-electron chi connectivity index (χ0n) is 12.0. The second-order valence-corrected chi connectivity index (χ2v) is 6.24. The van der Waals surface area contributed by atoms with Crippen LogP contribution < -0.4 is 5.32 Å². The molecule has 1 aromatic carbocycles. The minimum absolute atomic E-state index is 0.0401. The summed E-state index contributed by atoms with van der Waals surface area (Å²) in [5.74, 6) is 0.0401. The largest absolute Gasteiger partial charge is 0.388 e. The quantitative estimate of drug-likeness (QED) is 0.812. The third-order valence-corrected chi connectivity index (χ3v) is 4.30. The van der Waals surface area contributed by atoms with Crippen molar-refractivity contribution in [3.05, 3.63) is 34.9 Å². The summed E-state index contributed by atoms with van der Waals surface area (Å²) in [6.45, 7) is 4.83. The van der Waals surface area contributed by atoms with Gasteiger partial charge >= 0.3 is 0 Å². The normalized spacial score (nSPS) is 26.2. The molecule has 0 aromatic heterocycles. The van der Waals surface area contributed by atoms with Crippen molar-refractivity contribution in [3.63, 3.8) is 0 Å². The molecular weight excluding hydrogens is 252 g/mol. The molecule has 0 bridgehead atoms. The number of aliphatic hydroxyl groups is 1. The molecule has 1 amide bonds. The summed E-state index contributed by atoms with van der Waals surface area (Å²) in [6, 6.07) is 6.01. The minimum Gasteiger partial charge on any atom is -0.388 e. The predicted octanol–water partition coefficient (Wildman–Crippen LogP) is 1.32. The standard InChI is InChI=1S/C16H22N2O2/c1-16(20)6-2-8-18(11-16)15(19)13-4-3-12-5-7-17-10-14(12)9-13/h3-4,9,17,20H,2,5-8,10-11H2,1H3. The zero-order valence-corrected chi connectivity index (χ0v) is 12.0. The summed E-state index contributed by atoms with van der Waals surface area (Å²) in [4.78, 5) is 14.3. The lowest BCUT2D eigenvalue weighted by molar-refractivity contribution is -0.0107. The van der Waals surface area contributed by atoms with E-state index in [0.717, 1.165) is 44.5 Å². The molecule has 2 N–H and O–H groups in total. The van der Waals surface area contributed by atoms with E-state index in [1.165, 1.54) is 11.1 Å². The Morgan fingerprint density at radius 3 is 3.05 bits per heavy atom. The van der Waals surface area contributed by atoms with Gasteiger partial charge in [0.2, 0.25) is 0 Å². The number of piperidine rings is 1. The van der Waals surface area contributed by atoms with Gasteiger partial charge in [-0.05, 0) is 56.0 Å². The van der Waals surface area contributed by atoms with Crippen LogP contribution in [0.15, 0.2) is 18.2 Å². The number of hydrogen-bond donors (Lipinski definition) is 2. The van der Waals surface area contributed by atoms with Gasteiger partial charge in [0, 0.05) is 25.2 Å². The molecule has 2 aliphatic heterocycles. The van der Waals surface area contributed by atoms with E-state index < -0.39 is 5.60 Å². The Labute approximate surface area is 119 Å². The zero-order chi connectivity index (χ0) is 14.2. The summed E-state index contributed by atoms with van der Waals surface area (Å²) in [5, 5.41) is 13.5. The predicted molar refractivity (Wildman–Crippen MR) is 77.6 cm³/mol. The summed E-state index contributed by atoms with van der Waals surface area (Å²) in [5.41, 5.74) is 2.56. The summed E-state index contributed by atoms with van der Waals surface area (Å²) >= 11 is 0. The van der Waals surface area contributed by atoms with Gasteiger partial charge in [0.05, 0.1) is 5.60 Å². The number of hydrogen-bond acceptors (Lipinski definition) is 3. The summed E-state index contributed by atoms with van der Waals surface area (Å²) < 4.78 is 0. The molecule has 3 rings (SSSR count). The van der Waals surface area contributed by atoms with Gasteiger partial charge in [-0.3, -0.25) is 4.79 Å². The van der Waals surface area contributed by atoms with Gasteiger partial charge in [-0.2, -0.15) is 0 Å². The van der Waals surface area contributed by atoms with Crippen molar-refractivity contribution in [2.75, 3.05) is 19.6 Å². The maximum absolute atomic E-state index is 12.6. The molecule has 0 radical (unpaired) electrons. The van der Waals surface area contributed by atoms with Gasteiger partial charge in [0.15, 0.2) is 0 Å². The third kappa shape index (κ3) is 2.72. The summed E-state index contributed by atoms with van der Waals surface area (Å²) in [7, 11) is 0. The van der Waals surface area contributed by atoms with Gasteiger partial charge in [-0.1, -0.05) is 6.07 Å². The van der Waals surface area contributed by atoms with Crippen molar-refractivity contribution in [2.45, 2.75) is 38.3 Å². The Morgan fingerprint density at radius 1 is 1.40 bits per heavy atom. The Balaban J connectivity index is 1.80. The van der Waals surface area contributed by atoms with Crippen LogP contribution in [-0.4, -0.2) is 41.1 Å². The first-order valence-corrected chi connectivity index (χ1v) is 7.39. The molecule has 1 unspecified atom stereocenters. The average molecular weight is 274 g/mol. The monoisotopic (exact) mass is 274 g/mol. The molecular formula is C16H22N2O2. The van der Waals surface area contributed by atoms with Crippen molar-refractivity contribution in [2.24, 2.45) is 0 Å². The second-order valence-electron chi connectivity index (χ2n) is 6.24. The highest BCUT2D eigenvalue weighted by atomic mass is 16.3. The topological polar surface area (TPSA) is 52.6 Å². The van der Waals surface area contributed by atoms with Gasteiger partial charge in [0.25, 0.3) is 5.91 Å². The van der Waals surface area contributed by atoms with Crippen LogP contribution >= 0.6 is 0 Å². The highest BCUT2D eigenvalue weighted by molar-refractivity contribution is 5.94. The number of β-amino-alcohol motifs (C(OH)–C–C–N with tert-alkyl or cyclic N) is 1. The molecule has 0 saturated carbocycles. The van der Waals surface area contributed by atoms with Crippen molar-refractivity contribution >= 4 is 5.91 Å². The minimum atomic E-state index is -0.746. The number of carbonyl (C=O) groups is 1. The Hall–Kier alpha value is -1.39. The molecule has 1 aromatic rings. The fourth-order valence-electron chi connectivity index (χ4n) is 3.19. The Kier molecular flexibility index (Phi) is 3.52. The fraction of sp³-hybridized carbons (Fsp3) is 0.562. The van der Waals surface area contributed by atoms with Crippen LogP contribution in [0.3, 0.4) is 0 Å². The lowest BCUT2D eigenvalue weighted by Crippen LogP contribution is -2.48. The first-order chi connectivity index (χ1) is 9.55. The Bertz CT molecular complexity index is 525. The van der Waals surface area contributed by atoms with Gasteiger partial charge in [-0.15, -0.1) is 0 Å². The number of benzene rings is 1. The number of nitrogens with zero attached hydrogens (tertiary/aromatic N) is 1. The molecule has 20 heavy (non-hydrogen) atoms. The lowest BCUT2D eigenvalue weighted by atomic mass is 9.94. The van der Waals surface area contributed by atoms with Gasteiger partial charge in [0.1, 0.15) is 0 Å². The van der Waals surface area contributed by atoms with E-state index in [1.54, 1.807) is 4.90 Å². The molecule has 2 aliphatic rings. The van der Waals surface area contributed by atoms with Crippen LogP contribution in [0.2, 0.25) is 0 Å². The number of rotatable bonds is 1. The van der Waals surface area contributed by atoms with Gasteiger partial charge < -0.3 is 15.3 Å². The maximum Gasteiger partial charge on any atom is 0.253 e. The van der Waals surface area contributed by atoms with E-state index in [4.69, 9.17) is 0 Å². The number of likely N-dealkylation sites (tertiary alicyclic amines) is 1. The SMILES string of the molecule is CC1(O)CCCN(C(=O)c2ccc3c(c2)CNCC3)C1. The van der Waals surface area contributed by atoms with E-state index in [-0.39, 0.29) is 5.91 Å². The number of carbonyl (C=O) groups excluding carboxylic acids is 1. The van der Waals surface area contributed by atoms with E-state index >= 15 is 0 Å². The molecule has 1 saturated heterocycles. The Morgan fingerprint density at radius 2 is 2.25 bits per heavy atom. The van der Waals surface area contributed by atoms with Crippen molar-refractivity contribution in [3.8, 4) is 0 Å². The lowest BCUT2D eigenvalue weighted by Gasteiger charge is -2.37. The molecule has 108 valence electrons. The van der Waals surface area contributed by atoms with Crippen LogP contribution in [0.5, 0.6) is 0 Å². The van der Waals surface area contributed by atoms with Crippen LogP contribution in [0, 0.1) is 0 Å². The number of fused-ring (bicyclic) bond motifs is 1. The molecule has 2 heterocycles. The van der Waals surface area contributed by atoms with Crippen LogP contribution in [0.25, 0.3) is 0 Å². The summed E-state index contributed by atoms with van der Waals surface area (Å²) in [6.07, 6.45) is 2.67. The van der Waals surface area contributed by atoms with E-state index in [1.807, 2.05) is 19.1 Å². The van der Waals surface area contributed by atoms with Gasteiger partial charge in [-0.25, -0.2) is 0 Å². The van der Waals surface area contributed by atoms with Crippen molar-refractivity contribution in [1.29, 1.82) is 0 Å². The first-order valence-electron chi connectivity index (χ1n) is 7.39. The van der Waals surface area contributed by atoms with Crippen LogP contribution in [-0.2, 0) is 13.0 Å². The molecule has 0 spiro atoms. The molecule has 4 nitrogen and oxygen atoms in total. The average Bonchev–Trinajstić information content (AvgIpc) is 2.45. The second kappa shape index (κ2) is 5.19. The van der Waals surface area contributed by atoms with Crippen molar-refractivity contribution < 1.29 is 9.90 Å². The molecule has 4 heteroatoms. The molecule has 1 fully saturated rings. The molecule has 0 aliphatic carbocycles. The maximum atomic E-state index is 12.6. The number of nitrogens with one attached hydrogen (secondary N) is 1. The number of amides is 1. The van der Waals surface area contributed by atoms with Crippen LogP contribution in [0.4, 0.5) is 0 Å². The van der Waals surface area contributed by atoms with E-state index in [0.29, 0.717) is 6.54 Å². The highest BCUT2D eigenvalue weighted by Crippen LogP contribution is 2.23.